The van der Waals surface area contributed by atoms with Crippen LogP contribution >= 0.6 is 0 Å². The van der Waals surface area contributed by atoms with E-state index in [1.807, 2.05) is 0 Å². The molecule has 140 valence electrons. The van der Waals surface area contributed by atoms with E-state index in [1.165, 1.54) is 0 Å². The normalized spacial score (nSPS) is 48.4. The summed E-state index contributed by atoms with van der Waals surface area (Å²) in [5.74, 6) is 0. The third-order valence-corrected chi connectivity index (χ3v) is 6.99. The summed E-state index contributed by atoms with van der Waals surface area (Å²) in [7, 11) is 0. The van der Waals surface area contributed by atoms with E-state index in [-0.39, 0.29) is 16.2 Å². The Hall–Kier alpha value is -0.160. The van der Waals surface area contributed by atoms with Crippen molar-refractivity contribution in [1.29, 1.82) is 0 Å². The molecule has 3 saturated carbocycles. The summed E-state index contributed by atoms with van der Waals surface area (Å²) in [6.45, 7) is 12.7. The third kappa shape index (κ3) is 2.74. The fourth-order valence-electron chi connectivity index (χ4n) is 5.98. The van der Waals surface area contributed by atoms with Crippen molar-refractivity contribution in [2.45, 2.75) is 110 Å². The number of aliphatic hydroxyl groups is 3. The first-order valence-electron chi connectivity index (χ1n) is 9.47. The molecule has 0 aromatic rings. The van der Waals surface area contributed by atoms with Crippen LogP contribution in [-0.2, 0) is 4.74 Å². The standard InChI is InChI=1S/C20H36O4/c1-15(2,3)10-18(11-16(18,4)5)14(21)24-20-9-7-8-19(20,23)12-17(6,22)13-20/h14,21-23H,7-13H2,1-6H3. The molecule has 0 bridgehead atoms. The lowest BCUT2D eigenvalue weighted by Crippen LogP contribution is -2.51. The van der Waals surface area contributed by atoms with Crippen molar-refractivity contribution in [3.8, 4) is 0 Å². The van der Waals surface area contributed by atoms with Gasteiger partial charge in [-0.2, -0.15) is 0 Å². The lowest BCUT2D eigenvalue weighted by Gasteiger charge is -2.42. The maximum atomic E-state index is 11.1. The fraction of sp³-hybridized carbons (Fsp3) is 1.00. The predicted molar refractivity (Wildman–Crippen MR) is 93.4 cm³/mol. The topological polar surface area (TPSA) is 69.9 Å². The molecule has 0 aromatic carbocycles. The molecule has 24 heavy (non-hydrogen) atoms. The van der Waals surface area contributed by atoms with Gasteiger partial charge in [-0.05, 0) is 49.9 Å². The van der Waals surface area contributed by atoms with Gasteiger partial charge in [0.1, 0.15) is 5.60 Å². The third-order valence-electron chi connectivity index (χ3n) is 6.99. The van der Waals surface area contributed by atoms with Crippen molar-refractivity contribution in [1.82, 2.24) is 0 Å². The van der Waals surface area contributed by atoms with Gasteiger partial charge in [0, 0.05) is 18.3 Å². The van der Waals surface area contributed by atoms with E-state index in [4.69, 9.17) is 4.74 Å². The minimum absolute atomic E-state index is 0.0359. The maximum absolute atomic E-state index is 11.1. The number of rotatable bonds is 4. The Morgan fingerprint density at radius 2 is 1.58 bits per heavy atom. The first kappa shape index (κ1) is 18.6. The van der Waals surface area contributed by atoms with Gasteiger partial charge in [0.15, 0.2) is 6.29 Å². The quantitative estimate of drug-likeness (QED) is 0.686. The summed E-state index contributed by atoms with van der Waals surface area (Å²) in [6, 6.07) is 0. The summed E-state index contributed by atoms with van der Waals surface area (Å²) in [5.41, 5.74) is -2.88. The van der Waals surface area contributed by atoms with Gasteiger partial charge in [-0.25, -0.2) is 0 Å². The van der Waals surface area contributed by atoms with Crippen LogP contribution in [0, 0.1) is 16.2 Å². The van der Waals surface area contributed by atoms with Crippen molar-refractivity contribution in [2.75, 3.05) is 0 Å². The Bertz CT molecular complexity index is 520. The average Bonchev–Trinajstić information content (AvgIpc) is 2.61. The van der Waals surface area contributed by atoms with Crippen molar-refractivity contribution in [2.24, 2.45) is 16.2 Å². The summed E-state index contributed by atoms with van der Waals surface area (Å²) < 4.78 is 6.32. The second-order valence-electron chi connectivity index (χ2n) is 11.2. The summed E-state index contributed by atoms with van der Waals surface area (Å²) in [4.78, 5) is 0. The Morgan fingerprint density at radius 1 is 1.00 bits per heavy atom. The van der Waals surface area contributed by atoms with Crippen LogP contribution in [-0.4, -0.2) is 38.4 Å². The van der Waals surface area contributed by atoms with Crippen molar-refractivity contribution >= 4 is 0 Å². The highest BCUT2D eigenvalue weighted by Crippen LogP contribution is 2.71. The van der Waals surface area contributed by atoms with E-state index in [1.54, 1.807) is 6.92 Å². The number of aliphatic hydroxyl groups excluding tert-OH is 1. The van der Waals surface area contributed by atoms with Crippen LogP contribution in [0.1, 0.15) is 86.5 Å². The van der Waals surface area contributed by atoms with Gasteiger partial charge in [0.25, 0.3) is 0 Å². The summed E-state index contributed by atoms with van der Waals surface area (Å²) in [5, 5.41) is 32.8. The first-order valence-corrected chi connectivity index (χ1v) is 9.47. The first-order chi connectivity index (χ1) is 10.7. The van der Waals surface area contributed by atoms with E-state index in [0.717, 1.165) is 19.3 Å². The minimum Gasteiger partial charge on any atom is -0.390 e. The predicted octanol–water partition coefficient (Wildman–Crippen LogP) is 3.37. The lowest BCUT2D eigenvalue weighted by atomic mass is 9.78. The van der Waals surface area contributed by atoms with Crippen LogP contribution in [0.4, 0.5) is 0 Å². The summed E-state index contributed by atoms with van der Waals surface area (Å²) >= 11 is 0. The Morgan fingerprint density at radius 3 is 2.08 bits per heavy atom. The highest BCUT2D eigenvalue weighted by atomic mass is 16.6. The molecular weight excluding hydrogens is 304 g/mol. The largest absolute Gasteiger partial charge is 0.390 e. The minimum atomic E-state index is -1.01. The molecule has 0 heterocycles. The maximum Gasteiger partial charge on any atom is 0.161 e. The van der Waals surface area contributed by atoms with Gasteiger partial charge >= 0.3 is 0 Å². The highest BCUT2D eigenvalue weighted by molar-refractivity contribution is 5.19. The molecule has 5 unspecified atom stereocenters. The Labute approximate surface area is 146 Å². The second-order valence-corrected chi connectivity index (χ2v) is 11.2. The van der Waals surface area contributed by atoms with E-state index in [2.05, 4.69) is 34.6 Å². The molecule has 3 rings (SSSR count). The van der Waals surface area contributed by atoms with Crippen LogP contribution in [0.3, 0.4) is 0 Å². The zero-order valence-corrected chi connectivity index (χ0v) is 16.3. The molecule has 4 heteroatoms. The van der Waals surface area contributed by atoms with Gasteiger partial charge in [0.05, 0.1) is 11.2 Å². The van der Waals surface area contributed by atoms with E-state index < -0.39 is 23.1 Å². The molecular formula is C20H36O4. The van der Waals surface area contributed by atoms with Crippen LogP contribution in [0.15, 0.2) is 0 Å². The van der Waals surface area contributed by atoms with Gasteiger partial charge in [-0.15, -0.1) is 0 Å². The molecule has 5 atom stereocenters. The number of ether oxygens (including phenoxy) is 1. The summed E-state index contributed by atoms with van der Waals surface area (Å²) in [6.07, 6.45) is 3.90. The van der Waals surface area contributed by atoms with Gasteiger partial charge in [-0.3, -0.25) is 0 Å². The molecule has 3 N–H and O–H groups in total. The molecule has 0 aliphatic heterocycles. The molecule has 0 saturated heterocycles. The highest BCUT2D eigenvalue weighted by Gasteiger charge is 2.70. The smallest absolute Gasteiger partial charge is 0.161 e. The molecule has 0 radical (unpaired) electrons. The van der Waals surface area contributed by atoms with Crippen LogP contribution in [0.5, 0.6) is 0 Å². The Balaban J connectivity index is 1.85. The molecule has 0 aromatic heterocycles. The second kappa shape index (κ2) is 4.97. The van der Waals surface area contributed by atoms with Gasteiger partial charge < -0.3 is 20.1 Å². The van der Waals surface area contributed by atoms with Crippen molar-refractivity contribution in [3.05, 3.63) is 0 Å². The number of hydrogen-bond acceptors (Lipinski definition) is 4. The fourth-order valence-corrected chi connectivity index (χ4v) is 5.98. The molecule has 0 spiro atoms. The molecule has 0 amide bonds. The van der Waals surface area contributed by atoms with Crippen LogP contribution in [0.25, 0.3) is 0 Å². The number of hydrogen-bond donors (Lipinski definition) is 3. The SMILES string of the molecule is CC(C)(C)CC1(C(O)OC23CCCC2(O)CC(C)(O)C3)CC1(C)C. The number of fused-ring (bicyclic) bond motifs is 1. The van der Waals surface area contributed by atoms with Crippen LogP contribution in [0.2, 0.25) is 0 Å². The zero-order valence-electron chi connectivity index (χ0n) is 16.3. The van der Waals surface area contributed by atoms with E-state index in [0.29, 0.717) is 25.7 Å². The molecule has 3 fully saturated rings. The van der Waals surface area contributed by atoms with Crippen molar-refractivity contribution in [3.63, 3.8) is 0 Å². The van der Waals surface area contributed by atoms with Gasteiger partial charge in [0.2, 0.25) is 0 Å². The van der Waals surface area contributed by atoms with Crippen molar-refractivity contribution < 1.29 is 20.1 Å². The Kier molecular flexibility index (Phi) is 3.85. The average molecular weight is 341 g/mol. The van der Waals surface area contributed by atoms with Gasteiger partial charge in [-0.1, -0.05) is 34.6 Å². The molecule has 3 aliphatic rings. The molecule has 3 aliphatic carbocycles. The monoisotopic (exact) mass is 340 g/mol. The van der Waals surface area contributed by atoms with E-state index in [9.17, 15) is 15.3 Å². The molecule has 4 nitrogen and oxygen atoms in total. The van der Waals surface area contributed by atoms with E-state index >= 15 is 0 Å². The zero-order chi connectivity index (χ0) is 18.2. The lowest BCUT2D eigenvalue weighted by molar-refractivity contribution is -0.262. The van der Waals surface area contributed by atoms with Crippen LogP contribution < -0.4 is 0 Å².